The number of halogens is 2. The van der Waals surface area contributed by atoms with E-state index in [1.54, 1.807) is 19.1 Å². The molecule has 1 aromatic carbocycles. The van der Waals surface area contributed by atoms with E-state index in [4.69, 9.17) is 11.6 Å². The molecule has 0 unspecified atom stereocenters. The number of hydrogen-bond donors (Lipinski definition) is 1. The van der Waals surface area contributed by atoms with Crippen LogP contribution in [0.25, 0.3) is 0 Å². The number of benzene rings is 1. The van der Waals surface area contributed by atoms with Gasteiger partial charge >= 0.3 is 0 Å². The molecule has 0 saturated heterocycles. The highest BCUT2D eigenvalue weighted by atomic mass is 79.9. The van der Waals surface area contributed by atoms with Gasteiger partial charge in [-0.25, -0.2) is 0 Å². The van der Waals surface area contributed by atoms with Crippen LogP contribution >= 0.6 is 27.5 Å². The Balaban J connectivity index is 3.34. The van der Waals surface area contributed by atoms with Crippen molar-refractivity contribution in [2.45, 2.75) is 6.92 Å². The molecule has 54 valence electrons. The third-order valence-electron chi connectivity index (χ3n) is 1.32. The molecular formula is C7H6BrClO. The summed E-state index contributed by atoms with van der Waals surface area (Å²) >= 11 is 8.88. The summed E-state index contributed by atoms with van der Waals surface area (Å²) in [4.78, 5) is 0. The Labute approximate surface area is 72.8 Å². The largest absolute Gasteiger partial charge is 0.506 e. The monoisotopic (exact) mass is 220 g/mol. The molecule has 0 aliphatic rings. The van der Waals surface area contributed by atoms with Gasteiger partial charge in [0.2, 0.25) is 0 Å². The lowest BCUT2D eigenvalue weighted by molar-refractivity contribution is 0.471. The lowest BCUT2D eigenvalue weighted by atomic mass is 10.2. The van der Waals surface area contributed by atoms with E-state index in [1.165, 1.54) is 0 Å². The van der Waals surface area contributed by atoms with E-state index in [1.807, 2.05) is 0 Å². The van der Waals surface area contributed by atoms with Crippen molar-refractivity contribution in [3.05, 3.63) is 27.2 Å². The van der Waals surface area contributed by atoms with Crippen molar-refractivity contribution in [1.82, 2.24) is 0 Å². The van der Waals surface area contributed by atoms with Gasteiger partial charge in [-0.15, -0.1) is 0 Å². The van der Waals surface area contributed by atoms with E-state index in [9.17, 15) is 5.11 Å². The average Bonchev–Trinajstić information content (AvgIpc) is 1.93. The van der Waals surface area contributed by atoms with Gasteiger partial charge in [-0.1, -0.05) is 27.5 Å². The van der Waals surface area contributed by atoms with Crippen molar-refractivity contribution < 1.29 is 5.11 Å². The SMILES string of the molecule is Cc1c(Br)ccc(Cl)c1O. The van der Waals surface area contributed by atoms with Gasteiger partial charge in [-0.3, -0.25) is 0 Å². The highest BCUT2D eigenvalue weighted by Gasteiger charge is 2.03. The Morgan fingerprint density at radius 1 is 1.50 bits per heavy atom. The molecule has 0 fully saturated rings. The van der Waals surface area contributed by atoms with Crippen LogP contribution in [0, 0.1) is 6.92 Å². The minimum absolute atomic E-state index is 0.149. The lowest BCUT2D eigenvalue weighted by Crippen LogP contribution is -1.77. The van der Waals surface area contributed by atoms with Gasteiger partial charge < -0.3 is 5.11 Å². The van der Waals surface area contributed by atoms with E-state index in [-0.39, 0.29) is 5.75 Å². The summed E-state index contributed by atoms with van der Waals surface area (Å²) in [6.45, 7) is 1.80. The van der Waals surface area contributed by atoms with E-state index < -0.39 is 0 Å². The maximum absolute atomic E-state index is 9.23. The number of phenols is 1. The number of phenolic OH excluding ortho intramolecular Hbond substituents is 1. The van der Waals surface area contributed by atoms with Crippen LogP contribution in [0.1, 0.15) is 5.56 Å². The molecule has 0 spiro atoms. The van der Waals surface area contributed by atoms with Crippen LogP contribution in [-0.4, -0.2) is 5.11 Å². The molecule has 0 radical (unpaired) electrons. The van der Waals surface area contributed by atoms with Gasteiger partial charge in [0.1, 0.15) is 5.75 Å². The van der Waals surface area contributed by atoms with Gasteiger partial charge in [-0.05, 0) is 19.1 Å². The van der Waals surface area contributed by atoms with Crippen molar-refractivity contribution in [3.8, 4) is 5.75 Å². The second kappa shape index (κ2) is 2.81. The molecule has 3 heteroatoms. The summed E-state index contributed by atoms with van der Waals surface area (Å²) in [5.41, 5.74) is 0.771. The van der Waals surface area contributed by atoms with E-state index in [2.05, 4.69) is 15.9 Å². The number of rotatable bonds is 0. The number of aromatic hydroxyl groups is 1. The van der Waals surface area contributed by atoms with Crippen LogP contribution in [0.5, 0.6) is 5.75 Å². The zero-order valence-electron chi connectivity index (χ0n) is 5.36. The first kappa shape index (κ1) is 7.89. The first-order valence-electron chi connectivity index (χ1n) is 2.76. The minimum atomic E-state index is 0.149. The molecule has 1 nitrogen and oxygen atoms in total. The molecule has 0 saturated carbocycles. The second-order valence-electron chi connectivity index (χ2n) is 2.00. The van der Waals surface area contributed by atoms with Crippen molar-refractivity contribution in [1.29, 1.82) is 0 Å². The van der Waals surface area contributed by atoms with Gasteiger partial charge in [-0.2, -0.15) is 0 Å². The zero-order valence-corrected chi connectivity index (χ0v) is 7.70. The third kappa shape index (κ3) is 1.27. The van der Waals surface area contributed by atoms with Crippen LogP contribution in [0.2, 0.25) is 5.02 Å². The van der Waals surface area contributed by atoms with Crippen LogP contribution in [0.4, 0.5) is 0 Å². The summed E-state index contributed by atoms with van der Waals surface area (Å²) in [6, 6.07) is 3.45. The zero-order chi connectivity index (χ0) is 7.72. The molecule has 0 aliphatic carbocycles. The summed E-state index contributed by atoms with van der Waals surface area (Å²) in [6.07, 6.45) is 0. The summed E-state index contributed by atoms with van der Waals surface area (Å²) < 4.78 is 0.870. The smallest absolute Gasteiger partial charge is 0.138 e. The second-order valence-corrected chi connectivity index (χ2v) is 3.26. The first-order chi connectivity index (χ1) is 4.63. The molecule has 0 amide bonds. The molecule has 1 aromatic rings. The third-order valence-corrected chi connectivity index (χ3v) is 2.48. The van der Waals surface area contributed by atoms with Gasteiger partial charge in [0.05, 0.1) is 5.02 Å². The van der Waals surface area contributed by atoms with Crippen molar-refractivity contribution in [2.75, 3.05) is 0 Å². The first-order valence-corrected chi connectivity index (χ1v) is 3.93. The van der Waals surface area contributed by atoms with Crippen LogP contribution in [-0.2, 0) is 0 Å². The number of hydrogen-bond acceptors (Lipinski definition) is 1. The Morgan fingerprint density at radius 3 is 2.60 bits per heavy atom. The fourth-order valence-electron chi connectivity index (χ4n) is 0.642. The minimum Gasteiger partial charge on any atom is -0.506 e. The Kier molecular flexibility index (Phi) is 2.21. The topological polar surface area (TPSA) is 20.2 Å². The van der Waals surface area contributed by atoms with Crippen molar-refractivity contribution >= 4 is 27.5 Å². The highest BCUT2D eigenvalue weighted by molar-refractivity contribution is 9.10. The molecule has 1 N–H and O–H groups in total. The molecule has 0 aliphatic heterocycles. The normalized spacial score (nSPS) is 9.90. The summed E-state index contributed by atoms with van der Waals surface area (Å²) in [5, 5.41) is 9.61. The van der Waals surface area contributed by atoms with Crippen LogP contribution in [0.3, 0.4) is 0 Å². The van der Waals surface area contributed by atoms with E-state index in [0.29, 0.717) is 5.02 Å². The fraction of sp³-hybridized carbons (Fsp3) is 0.143. The molecule has 0 heterocycles. The highest BCUT2D eigenvalue weighted by Crippen LogP contribution is 2.31. The predicted octanol–water partition coefficient (Wildman–Crippen LogP) is 3.12. The van der Waals surface area contributed by atoms with E-state index >= 15 is 0 Å². The molecule has 10 heavy (non-hydrogen) atoms. The Hall–Kier alpha value is -0.210. The summed E-state index contributed by atoms with van der Waals surface area (Å²) in [5.74, 6) is 0.149. The fourth-order valence-corrected chi connectivity index (χ4v) is 1.17. The molecule has 1 rings (SSSR count). The average molecular weight is 221 g/mol. The Morgan fingerprint density at radius 2 is 2.10 bits per heavy atom. The molecule has 0 bridgehead atoms. The van der Waals surface area contributed by atoms with Crippen molar-refractivity contribution in [3.63, 3.8) is 0 Å². The van der Waals surface area contributed by atoms with Gasteiger partial charge in [0.25, 0.3) is 0 Å². The summed E-state index contributed by atoms with van der Waals surface area (Å²) in [7, 11) is 0. The predicted molar refractivity (Wildman–Crippen MR) is 45.6 cm³/mol. The van der Waals surface area contributed by atoms with Crippen molar-refractivity contribution in [2.24, 2.45) is 0 Å². The van der Waals surface area contributed by atoms with E-state index in [0.717, 1.165) is 10.0 Å². The van der Waals surface area contributed by atoms with Gasteiger partial charge in [0, 0.05) is 10.0 Å². The Bertz CT molecular complexity index is 233. The maximum Gasteiger partial charge on any atom is 0.138 e. The molecular weight excluding hydrogens is 215 g/mol. The lowest BCUT2D eigenvalue weighted by Gasteiger charge is -2.01. The van der Waals surface area contributed by atoms with Crippen LogP contribution < -0.4 is 0 Å². The van der Waals surface area contributed by atoms with Crippen LogP contribution in [0.15, 0.2) is 16.6 Å². The standard InChI is InChI=1S/C7H6BrClO/c1-4-5(8)2-3-6(9)7(4)10/h2-3,10H,1H3. The molecule has 0 atom stereocenters. The van der Waals surface area contributed by atoms with Gasteiger partial charge in [0.15, 0.2) is 0 Å². The maximum atomic E-state index is 9.23. The molecule has 0 aromatic heterocycles. The quantitative estimate of drug-likeness (QED) is 0.714.